The number of halogens is 2. The molecule has 0 radical (unpaired) electrons. The van der Waals surface area contributed by atoms with E-state index >= 15 is 0 Å². The Bertz CT molecular complexity index is 1280. The monoisotopic (exact) mass is 440 g/mol. The van der Waals surface area contributed by atoms with Crippen LogP contribution in [0.2, 0.25) is 10.0 Å². The van der Waals surface area contributed by atoms with Crippen molar-refractivity contribution in [3.63, 3.8) is 0 Å². The molecule has 0 aliphatic rings. The summed E-state index contributed by atoms with van der Waals surface area (Å²) in [5.74, 6) is 0.804. The number of rotatable bonds is 4. The third kappa shape index (κ3) is 3.60. The van der Waals surface area contributed by atoms with Crippen molar-refractivity contribution in [3.05, 3.63) is 75.4 Å². The number of aryl methyl sites for hydroxylation is 2. The number of amides is 1. The average molecular weight is 441 g/mol. The lowest BCUT2D eigenvalue weighted by Crippen LogP contribution is -2.17. The number of hydrogen-bond donors (Lipinski definition) is 1. The van der Waals surface area contributed by atoms with E-state index in [0.29, 0.717) is 16.7 Å². The third-order valence-corrected chi connectivity index (χ3v) is 5.30. The number of methoxy groups -OCH3 is 1. The van der Waals surface area contributed by atoms with E-state index in [1.807, 2.05) is 44.2 Å². The summed E-state index contributed by atoms with van der Waals surface area (Å²) in [5, 5.41) is 8.95. The molecule has 152 valence electrons. The lowest BCUT2D eigenvalue weighted by Gasteiger charge is -2.13. The molecule has 2 aromatic carbocycles. The second kappa shape index (κ2) is 7.97. The van der Waals surface area contributed by atoms with Gasteiger partial charge in [-0.2, -0.15) is 9.78 Å². The van der Waals surface area contributed by atoms with Crippen molar-refractivity contribution in [3.8, 4) is 11.6 Å². The molecule has 0 aliphatic heterocycles. The van der Waals surface area contributed by atoms with Crippen molar-refractivity contribution in [2.24, 2.45) is 0 Å². The van der Waals surface area contributed by atoms with Crippen LogP contribution in [0.25, 0.3) is 16.7 Å². The molecular weight excluding hydrogens is 423 g/mol. The number of fused-ring (bicyclic) bond motifs is 1. The number of anilines is 1. The second-order valence-corrected chi connectivity index (χ2v) is 7.60. The summed E-state index contributed by atoms with van der Waals surface area (Å²) >= 11 is 12.4. The molecule has 0 saturated heterocycles. The Morgan fingerprint density at radius 2 is 1.80 bits per heavy atom. The van der Waals surface area contributed by atoms with Gasteiger partial charge in [0.25, 0.3) is 5.91 Å². The van der Waals surface area contributed by atoms with Gasteiger partial charge >= 0.3 is 0 Å². The van der Waals surface area contributed by atoms with Gasteiger partial charge in [-0.25, -0.2) is 4.98 Å². The van der Waals surface area contributed by atoms with Gasteiger partial charge in [-0.1, -0.05) is 41.4 Å². The van der Waals surface area contributed by atoms with Crippen molar-refractivity contribution in [2.45, 2.75) is 13.8 Å². The molecule has 0 spiro atoms. The summed E-state index contributed by atoms with van der Waals surface area (Å²) in [7, 11) is 1.44. The molecule has 8 heteroatoms. The number of ether oxygens (including phenoxy) is 1. The van der Waals surface area contributed by atoms with Gasteiger partial charge in [-0.15, -0.1) is 0 Å². The van der Waals surface area contributed by atoms with Crippen LogP contribution < -0.4 is 10.1 Å². The zero-order valence-electron chi connectivity index (χ0n) is 16.5. The van der Waals surface area contributed by atoms with Gasteiger partial charge in [0.1, 0.15) is 11.4 Å². The fourth-order valence-corrected chi connectivity index (χ4v) is 3.80. The Morgan fingerprint density at radius 3 is 2.57 bits per heavy atom. The fourth-order valence-electron chi connectivity index (χ4n) is 3.33. The molecular formula is C22H18Cl2N4O2. The van der Waals surface area contributed by atoms with E-state index in [1.54, 1.807) is 22.9 Å². The SMILES string of the molecule is COc1c(Cl)ccc(Cl)c1C(=O)Nc1cc(C)nn1-c1cc(C)c2ccccc2n1. The molecule has 0 fully saturated rings. The van der Waals surface area contributed by atoms with Crippen molar-refractivity contribution in [2.75, 3.05) is 12.4 Å². The van der Waals surface area contributed by atoms with Crippen LogP contribution in [0, 0.1) is 13.8 Å². The number of nitrogens with zero attached hydrogens (tertiary/aromatic N) is 3. The standard InChI is InChI=1S/C22H18Cl2N4O2/c1-12-10-18(25-17-7-5-4-6-14(12)17)28-19(11-13(2)27-28)26-22(29)20-15(23)8-9-16(24)21(20)30-3/h4-11H,1-3H3,(H,26,29). The topological polar surface area (TPSA) is 69.0 Å². The van der Waals surface area contributed by atoms with Gasteiger partial charge in [0, 0.05) is 11.5 Å². The van der Waals surface area contributed by atoms with Gasteiger partial charge in [-0.3, -0.25) is 4.79 Å². The summed E-state index contributed by atoms with van der Waals surface area (Å²) in [5.41, 5.74) is 2.78. The van der Waals surface area contributed by atoms with Crippen molar-refractivity contribution in [1.82, 2.24) is 14.8 Å². The summed E-state index contributed by atoms with van der Waals surface area (Å²) in [4.78, 5) is 17.7. The van der Waals surface area contributed by atoms with Gasteiger partial charge in [0.05, 0.1) is 28.4 Å². The lowest BCUT2D eigenvalue weighted by atomic mass is 10.1. The van der Waals surface area contributed by atoms with Gasteiger partial charge < -0.3 is 10.1 Å². The minimum Gasteiger partial charge on any atom is -0.494 e. The number of hydrogen-bond acceptors (Lipinski definition) is 4. The minimum atomic E-state index is -0.460. The van der Waals surface area contributed by atoms with Crippen molar-refractivity contribution < 1.29 is 9.53 Å². The molecule has 0 aliphatic carbocycles. The summed E-state index contributed by atoms with van der Waals surface area (Å²) in [6, 6.07) is 14.7. The highest BCUT2D eigenvalue weighted by Crippen LogP contribution is 2.34. The Hall–Kier alpha value is -3.09. The van der Waals surface area contributed by atoms with Crippen molar-refractivity contribution in [1.29, 1.82) is 0 Å². The number of aromatic nitrogens is 3. The first-order valence-electron chi connectivity index (χ1n) is 9.16. The van der Waals surface area contributed by atoms with Crippen LogP contribution in [0.4, 0.5) is 5.82 Å². The molecule has 4 aromatic rings. The Balaban J connectivity index is 1.77. The highest BCUT2D eigenvalue weighted by Gasteiger charge is 2.22. The molecule has 1 amide bonds. The van der Waals surface area contributed by atoms with E-state index in [-0.39, 0.29) is 16.3 Å². The Labute approximate surface area is 183 Å². The normalized spacial score (nSPS) is 11.0. The van der Waals surface area contributed by atoms with Gasteiger partial charge in [0.2, 0.25) is 0 Å². The number of carbonyl (C=O) groups is 1. The summed E-state index contributed by atoms with van der Waals surface area (Å²) in [6.07, 6.45) is 0. The number of pyridine rings is 1. The third-order valence-electron chi connectivity index (χ3n) is 4.69. The average Bonchev–Trinajstić information content (AvgIpc) is 3.09. The highest BCUT2D eigenvalue weighted by molar-refractivity contribution is 6.37. The highest BCUT2D eigenvalue weighted by atomic mass is 35.5. The lowest BCUT2D eigenvalue weighted by molar-refractivity contribution is 0.102. The van der Waals surface area contributed by atoms with Crippen LogP contribution in [0.15, 0.2) is 48.5 Å². The van der Waals surface area contributed by atoms with Crippen LogP contribution in [0.5, 0.6) is 5.75 Å². The molecule has 0 unspecified atom stereocenters. The van der Waals surface area contributed by atoms with E-state index in [2.05, 4.69) is 10.4 Å². The van der Waals surface area contributed by atoms with Crippen LogP contribution >= 0.6 is 23.2 Å². The zero-order valence-corrected chi connectivity index (χ0v) is 18.0. The van der Waals surface area contributed by atoms with Gasteiger partial charge in [-0.05, 0) is 43.7 Å². The van der Waals surface area contributed by atoms with E-state index in [0.717, 1.165) is 22.2 Å². The first kappa shape index (κ1) is 20.2. The molecule has 0 atom stereocenters. The maximum atomic E-state index is 13.0. The van der Waals surface area contributed by atoms with E-state index in [1.165, 1.54) is 7.11 Å². The minimum absolute atomic E-state index is 0.153. The number of para-hydroxylation sites is 1. The van der Waals surface area contributed by atoms with E-state index < -0.39 is 5.91 Å². The molecule has 1 N–H and O–H groups in total. The number of carbonyl (C=O) groups excluding carboxylic acids is 1. The zero-order chi connectivity index (χ0) is 21.4. The molecule has 0 bridgehead atoms. The predicted molar refractivity (Wildman–Crippen MR) is 119 cm³/mol. The van der Waals surface area contributed by atoms with Crippen LogP contribution in [-0.4, -0.2) is 27.8 Å². The van der Waals surface area contributed by atoms with Crippen LogP contribution in [0.3, 0.4) is 0 Å². The predicted octanol–water partition coefficient (Wildman–Crippen LogP) is 5.61. The maximum Gasteiger partial charge on any atom is 0.262 e. The summed E-state index contributed by atoms with van der Waals surface area (Å²) < 4.78 is 6.88. The maximum absolute atomic E-state index is 13.0. The molecule has 6 nitrogen and oxygen atoms in total. The Kier molecular flexibility index (Phi) is 5.37. The van der Waals surface area contributed by atoms with Crippen molar-refractivity contribution >= 4 is 45.8 Å². The van der Waals surface area contributed by atoms with Gasteiger partial charge in [0.15, 0.2) is 11.6 Å². The van der Waals surface area contributed by atoms with E-state index in [4.69, 9.17) is 32.9 Å². The van der Waals surface area contributed by atoms with Crippen LogP contribution in [0.1, 0.15) is 21.6 Å². The van der Waals surface area contributed by atoms with Crippen LogP contribution in [-0.2, 0) is 0 Å². The first-order chi connectivity index (χ1) is 14.4. The molecule has 2 heterocycles. The molecule has 2 aromatic heterocycles. The summed E-state index contributed by atoms with van der Waals surface area (Å²) in [6.45, 7) is 3.85. The fraction of sp³-hybridized carbons (Fsp3) is 0.136. The number of nitrogens with one attached hydrogen (secondary N) is 1. The Morgan fingerprint density at radius 1 is 1.07 bits per heavy atom. The molecule has 0 saturated carbocycles. The smallest absolute Gasteiger partial charge is 0.262 e. The first-order valence-corrected chi connectivity index (χ1v) is 9.91. The quantitative estimate of drug-likeness (QED) is 0.447. The largest absolute Gasteiger partial charge is 0.494 e. The molecule has 4 rings (SSSR count). The molecule has 30 heavy (non-hydrogen) atoms. The second-order valence-electron chi connectivity index (χ2n) is 6.79. The van der Waals surface area contributed by atoms with E-state index in [9.17, 15) is 4.79 Å². The number of benzene rings is 2.